The number of thioether (sulfide) groups is 1. The molecule has 3 aromatic rings. The number of piperidine rings is 1. The summed E-state index contributed by atoms with van der Waals surface area (Å²) in [4.78, 5) is 19.3. The van der Waals surface area contributed by atoms with Crippen molar-refractivity contribution in [2.45, 2.75) is 43.1 Å². The van der Waals surface area contributed by atoms with E-state index in [1.165, 1.54) is 0 Å². The molecule has 1 aliphatic rings. The van der Waals surface area contributed by atoms with Gasteiger partial charge in [0.25, 0.3) is 0 Å². The van der Waals surface area contributed by atoms with Crippen LogP contribution >= 0.6 is 11.8 Å². The van der Waals surface area contributed by atoms with E-state index in [1.54, 1.807) is 37.6 Å². The highest BCUT2D eigenvalue weighted by Gasteiger charge is 2.30. The van der Waals surface area contributed by atoms with Gasteiger partial charge in [0.05, 0.1) is 25.0 Å². The molecular formula is C27H34N2O5S. The number of furan rings is 1. The zero-order valence-corrected chi connectivity index (χ0v) is 21.0. The van der Waals surface area contributed by atoms with Crippen molar-refractivity contribution in [2.75, 3.05) is 32.5 Å². The summed E-state index contributed by atoms with van der Waals surface area (Å²) >= 11 is 1.78. The lowest BCUT2D eigenvalue weighted by atomic mass is 9.79. The Balaban J connectivity index is 1.36. The molecular weight excluding hydrogens is 464 g/mol. The number of nitrogens with zero attached hydrogens (tertiary/aromatic N) is 2. The number of aliphatic hydroxyl groups excluding tert-OH is 1. The topological polar surface area (TPSA) is 96.0 Å². The summed E-state index contributed by atoms with van der Waals surface area (Å²) in [7, 11) is 1.63. The Labute approximate surface area is 210 Å². The predicted molar refractivity (Wildman–Crippen MR) is 137 cm³/mol. The number of carbonyl (C=O) groups is 1. The number of aliphatic hydroxyl groups is 1. The summed E-state index contributed by atoms with van der Waals surface area (Å²) in [5.74, 6) is 1.71. The second kappa shape index (κ2) is 12.4. The normalized spacial score (nSPS) is 19.6. The second-order valence-corrected chi connectivity index (χ2v) is 10.4. The molecule has 7 nitrogen and oxygen atoms in total. The first-order chi connectivity index (χ1) is 17.0. The second-order valence-electron chi connectivity index (χ2n) is 9.23. The van der Waals surface area contributed by atoms with Crippen LogP contribution in [0.1, 0.15) is 43.8 Å². The summed E-state index contributed by atoms with van der Waals surface area (Å²) in [6, 6.07) is 9.57. The Morgan fingerprint density at radius 1 is 1.29 bits per heavy atom. The Hall–Kier alpha value is -2.55. The van der Waals surface area contributed by atoms with Crippen molar-refractivity contribution in [3.63, 3.8) is 0 Å². The minimum absolute atomic E-state index is 0.191. The Bertz CT molecular complexity index is 1090. The van der Waals surface area contributed by atoms with E-state index >= 15 is 0 Å². The smallest absolute Gasteiger partial charge is 0.303 e. The molecule has 1 fully saturated rings. The number of fused-ring (bicyclic) bond motifs is 1. The van der Waals surface area contributed by atoms with Gasteiger partial charge in [-0.15, -0.1) is 11.8 Å². The molecule has 1 saturated heterocycles. The highest BCUT2D eigenvalue weighted by molar-refractivity contribution is 7.99. The van der Waals surface area contributed by atoms with Crippen LogP contribution in [0.25, 0.3) is 10.9 Å². The zero-order chi connectivity index (χ0) is 24.6. The van der Waals surface area contributed by atoms with Crippen LogP contribution in [0.4, 0.5) is 0 Å². The number of pyridine rings is 1. The van der Waals surface area contributed by atoms with Crippen molar-refractivity contribution in [3.8, 4) is 5.75 Å². The first kappa shape index (κ1) is 25.5. The molecule has 1 aromatic carbocycles. The van der Waals surface area contributed by atoms with E-state index in [-0.39, 0.29) is 6.42 Å². The van der Waals surface area contributed by atoms with Gasteiger partial charge >= 0.3 is 5.97 Å². The number of hydrogen-bond donors (Lipinski definition) is 2. The van der Waals surface area contributed by atoms with Gasteiger partial charge in [-0.3, -0.25) is 9.78 Å². The molecule has 2 unspecified atom stereocenters. The lowest BCUT2D eigenvalue weighted by Gasteiger charge is -2.39. The molecule has 0 saturated carbocycles. The van der Waals surface area contributed by atoms with Gasteiger partial charge in [0.1, 0.15) is 12.0 Å². The van der Waals surface area contributed by atoms with Crippen molar-refractivity contribution in [1.29, 1.82) is 0 Å². The van der Waals surface area contributed by atoms with Crippen LogP contribution in [0.3, 0.4) is 0 Å². The molecule has 188 valence electrons. The fourth-order valence-electron chi connectivity index (χ4n) is 5.09. The Morgan fingerprint density at radius 2 is 2.17 bits per heavy atom. The molecule has 2 aromatic heterocycles. The predicted octanol–water partition coefficient (Wildman–Crippen LogP) is 5.25. The van der Waals surface area contributed by atoms with Crippen molar-refractivity contribution in [1.82, 2.24) is 9.88 Å². The average Bonchev–Trinajstić information content (AvgIpc) is 3.39. The third-order valence-electron chi connectivity index (χ3n) is 7.03. The molecule has 0 radical (unpaired) electrons. The van der Waals surface area contributed by atoms with Crippen molar-refractivity contribution in [2.24, 2.45) is 11.8 Å². The van der Waals surface area contributed by atoms with Crippen LogP contribution in [-0.4, -0.2) is 58.6 Å². The van der Waals surface area contributed by atoms with E-state index in [4.69, 9.17) is 9.15 Å². The fourth-order valence-corrected chi connectivity index (χ4v) is 5.95. The number of aromatic nitrogens is 1. The van der Waals surface area contributed by atoms with Gasteiger partial charge in [-0.1, -0.05) is 0 Å². The number of rotatable bonds is 12. The van der Waals surface area contributed by atoms with E-state index in [1.807, 2.05) is 30.3 Å². The van der Waals surface area contributed by atoms with Crippen LogP contribution < -0.4 is 4.74 Å². The van der Waals surface area contributed by atoms with Crippen molar-refractivity contribution >= 4 is 28.6 Å². The summed E-state index contributed by atoms with van der Waals surface area (Å²) < 4.78 is 10.5. The quantitative estimate of drug-likeness (QED) is 0.327. The van der Waals surface area contributed by atoms with E-state index < -0.39 is 12.1 Å². The van der Waals surface area contributed by atoms with Crippen molar-refractivity contribution in [3.05, 3.63) is 54.6 Å². The molecule has 0 amide bonds. The van der Waals surface area contributed by atoms with Gasteiger partial charge in [0, 0.05) is 41.7 Å². The van der Waals surface area contributed by atoms with Gasteiger partial charge < -0.3 is 24.3 Å². The molecule has 35 heavy (non-hydrogen) atoms. The van der Waals surface area contributed by atoms with Crippen LogP contribution in [-0.2, 0) is 4.79 Å². The minimum Gasteiger partial charge on any atom is -0.497 e. The molecule has 2 N–H and O–H groups in total. The average molecular weight is 499 g/mol. The fraction of sp³-hybridized carbons (Fsp3) is 0.481. The van der Waals surface area contributed by atoms with Crippen LogP contribution in [0.2, 0.25) is 0 Å². The number of carboxylic acids is 1. The highest BCUT2D eigenvalue weighted by atomic mass is 32.2. The van der Waals surface area contributed by atoms with Crippen LogP contribution in [0.15, 0.2) is 58.4 Å². The van der Waals surface area contributed by atoms with Gasteiger partial charge in [-0.25, -0.2) is 0 Å². The summed E-state index contributed by atoms with van der Waals surface area (Å²) in [5.41, 5.74) is 1.70. The third kappa shape index (κ3) is 6.99. The number of methoxy groups -OCH3 is 1. The molecule has 3 heterocycles. The summed E-state index contributed by atoms with van der Waals surface area (Å²) in [5, 5.41) is 21.3. The zero-order valence-electron chi connectivity index (χ0n) is 20.1. The largest absolute Gasteiger partial charge is 0.497 e. The first-order valence-corrected chi connectivity index (χ1v) is 13.2. The lowest BCUT2D eigenvalue weighted by molar-refractivity contribution is -0.137. The SMILES string of the molecule is COc1ccc2nccc([C@@H](O)CCC3CCN(CCSc4ccoc4)CC3CCC(=O)O)c2c1. The van der Waals surface area contributed by atoms with Gasteiger partial charge in [0.15, 0.2) is 0 Å². The minimum atomic E-state index is -0.742. The summed E-state index contributed by atoms with van der Waals surface area (Å²) in [6.45, 7) is 2.89. The number of ether oxygens (including phenoxy) is 1. The van der Waals surface area contributed by atoms with E-state index in [9.17, 15) is 15.0 Å². The monoisotopic (exact) mass is 498 g/mol. The van der Waals surface area contributed by atoms with Gasteiger partial charge in [-0.2, -0.15) is 0 Å². The molecule has 0 aliphatic carbocycles. The van der Waals surface area contributed by atoms with Crippen LogP contribution in [0.5, 0.6) is 5.75 Å². The van der Waals surface area contributed by atoms with Gasteiger partial charge in [0.2, 0.25) is 0 Å². The number of likely N-dealkylation sites (tertiary alicyclic amines) is 1. The Morgan fingerprint density at radius 3 is 2.94 bits per heavy atom. The molecule has 3 atom stereocenters. The Kier molecular flexibility index (Phi) is 9.06. The maximum absolute atomic E-state index is 11.3. The number of hydrogen-bond acceptors (Lipinski definition) is 7. The molecule has 1 aliphatic heterocycles. The first-order valence-electron chi connectivity index (χ1n) is 12.2. The van der Waals surface area contributed by atoms with E-state index in [0.717, 1.165) is 65.3 Å². The maximum atomic E-state index is 11.3. The van der Waals surface area contributed by atoms with E-state index in [2.05, 4.69) is 9.88 Å². The third-order valence-corrected chi connectivity index (χ3v) is 7.98. The standard InChI is InChI=1S/C27H34N2O5S/c1-33-21-4-5-25-24(16-21)23(8-11-28-25)26(30)6-2-19-9-12-29(17-20(19)3-7-27(31)32)13-15-35-22-10-14-34-18-22/h4-5,8,10-11,14,16,18-20,26,30H,2-3,6-7,9,12-13,15,17H2,1H3,(H,31,32)/t19?,20?,26-/m0/s1. The van der Waals surface area contributed by atoms with Crippen LogP contribution in [0, 0.1) is 11.8 Å². The number of carboxylic acid groups (broad SMARTS) is 1. The highest BCUT2D eigenvalue weighted by Crippen LogP contribution is 2.35. The van der Waals surface area contributed by atoms with E-state index in [0.29, 0.717) is 24.7 Å². The number of benzene rings is 1. The summed E-state index contributed by atoms with van der Waals surface area (Å²) in [6.07, 6.45) is 8.00. The maximum Gasteiger partial charge on any atom is 0.303 e. The van der Waals surface area contributed by atoms with Crippen molar-refractivity contribution < 1.29 is 24.2 Å². The lowest BCUT2D eigenvalue weighted by Crippen LogP contribution is -2.41. The molecule has 4 rings (SSSR count). The number of aliphatic carboxylic acids is 1. The van der Waals surface area contributed by atoms with Gasteiger partial charge in [-0.05, 0) is 80.0 Å². The molecule has 0 spiro atoms. The molecule has 8 heteroatoms. The molecule has 0 bridgehead atoms.